The summed E-state index contributed by atoms with van der Waals surface area (Å²) in [6, 6.07) is 0.657. The molecule has 0 bridgehead atoms. The van der Waals surface area contributed by atoms with Gasteiger partial charge in [0.25, 0.3) is 0 Å². The van der Waals surface area contributed by atoms with Crippen molar-refractivity contribution in [3.63, 3.8) is 0 Å². The number of aromatic nitrogens is 2. The number of hydrogen-bond acceptors (Lipinski definition) is 5. The lowest BCUT2D eigenvalue weighted by atomic mass is 9.79. The largest absolute Gasteiger partial charge is 0.406 e. The molecule has 1 heterocycles. The van der Waals surface area contributed by atoms with E-state index in [1.165, 1.54) is 19.3 Å². The van der Waals surface area contributed by atoms with Gasteiger partial charge in [-0.05, 0) is 39.7 Å². The highest BCUT2D eigenvalue weighted by Crippen LogP contribution is 2.34. The summed E-state index contributed by atoms with van der Waals surface area (Å²) < 4.78 is 5.57. The van der Waals surface area contributed by atoms with Crippen molar-refractivity contribution in [2.75, 3.05) is 11.9 Å². The van der Waals surface area contributed by atoms with Gasteiger partial charge in [0.2, 0.25) is 5.89 Å². The first-order valence-corrected chi connectivity index (χ1v) is 5.98. The predicted octanol–water partition coefficient (Wildman–Crippen LogP) is 2.09. The minimum Gasteiger partial charge on any atom is -0.406 e. The first-order chi connectivity index (χ1) is 7.63. The van der Waals surface area contributed by atoms with Gasteiger partial charge in [-0.2, -0.15) is 0 Å². The number of nitrogens with one attached hydrogen (secondary N) is 2. The predicted molar refractivity (Wildman–Crippen MR) is 62.3 cm³/mol. The van der Waals surface area contributed by atoms with Crippen molar-refractivity contribution in [2.45, 2.75) is 51.6 Å². The molecule has 0 aliphatic heterocycles. The van der Waals surface area contributed by atoms with Crippen molar-refractivity contribution in [3.8, 4) is 0 Å². The molecule has 5 nitrogen and oxygen atoms in total. The first-order valence-electron chi connectivity index (χ1n) is 5.98. The molecule has 0 spiro atoms. The van der Waals surface area contributed by atoms with Crippen molar-refractivity contribution in [2.24, 2.45) is 0 Å². The van der Waals surface area contributed by atoms with Crippen molar-refractivity contribution < 1.29 is 4.42 Å². The van der Waals surface area contributed by atoms with E-state index in [0.29, 0.717) is 11.9 Å². The zero-order valence-electron chi connectivity index (χ0n) is 10.2. The third-order valence-corrected chi connectivity index (χ3v) is 3.19. The Labute approximate surface area is 96.0 Å². The smallest absolute Gasteiger partial charge is 0.315 e. The summed E-state index contributed by atoms with van der Waals surface area (Å²) in [6.45, 7) is 7.16. The lowest BCUT2D eigenvalue weighted by Gasteiger charge is -2.38. The molecule has 90 valence electrons. The molecule has 2 rings (SSSR count). The van der Waals surface area contributed by atoms with E-state index in [0.717, 1.165) is 6.54 Å². The van der Waals surface area contributed by atoms with Crippen LogP contribution in [0.25, 0.3) is 0 Å². The van der Waals surface area contributed by atoms with Crippen molar-refractivity contribution in [1.82, 2.24) is 15.5 Å². The normalized spacial score (nSPS) is 20.2. The number of nitrogens with zero attached hydrogens (tertiary/aromatic N) is 2. The second-order valence-electron chi connectivity index (χ2n) is 4.76. The van der Waals surface area contributed by atoms with E-state index in [1.54, 1.807) is 0 Å². The summed E-state index contributed by atoms with van der Waals surface area (Å²) in [5.41, 5.74) is 0.158. The summed E-state index contributed by atoms with van der Waals surface area (Å²) in [4.78, 5) is 0. The molecule has 0 aromatic carbocycles. The minimum absolute atomic E-state index is 0.113. The maximum absolute atomic E-state index is 5.57. The van der Waals surface area contributed by atoms with Crippen LogP contribution in [-0.2, 0) is 0 Å². The molecule has 1 unspecified atom stereocenters. The molecule has 0 amide bonds. The maximum Gasteiger partial charge on any atom is 0.315 e. The molecule has 1 aliphatic carbocycles. The van der Waals surface area contributed by atoms with Crippen molar-refractivity contribution in [3.05, 3.63) is 5.89 Å². The fourth-order valence-corrected chi connectivity index (χ4v) is 1.94. The van der Waals surface area contributed by atoms with Gasteiger partial charge in [0, 0.05) is 5.54 Å². The van der Waals surface area contributed by atoms with Gasteiger partial charge in [-0.25, -0.2) is 0 Å². The first kappa shape index (κ1) is 11.4. The van der Waals surface area contributed by atoms with Gasteiger partial charge in [-0.15, -0.1) is 5.10 Å². The second kappa shape index (κ2) is 4.41. The highest BCUT2D eigenvalue weighted by molar-refractivity contribution is 5.25. The third kappa shape index (κ3) is 2.35. The molecule has 1 saturated carbocycles. The Balaban J connectivity index is 1.96. The Morgan fingerprint density at radius 3 is 2.75 bits per heavy atom. The molecule has 1 fully saturated rings. The Morgan fingerprint density at radius 1 is 1.44 bits per heavy atom. The molecule has 2 N–H and O–H groups in total. The van der Waals surface area contributed by atoms with Crippen LogP contribution in [-0.4, -0.2) is 22.3 Å². The van der Waals surface area contributed by atoms with Gasteiger partial charge in [0.15, 0.2) is 0 Å². The van der Waals surface area contributed by atoms with E-state index in [2.05, 4.69) is 34.7 Å². The van der Waals surface area contributed by atoms with Crippen molar-refractivity contribution in [1.29, 1.82) is 0 Å². The van der Waals surface area contributed by atoms with Crippen LogP contribution in [0.2, 0.25) is 0 Å². The van der Waals surface area contributed by atoms with Gasteiger partial charge < -0.3 is 15.1 Å². The Kier molecular flexibility index (Phi) is 3.14. The third-order valence-electron chi connectivity index (χ3n) is 3.19. The summed E-state index contributed by atoms with van der Waals surface area (Å²) in [5.74, 6) is 0.646. The lowest BCUT2D eigenvalue weighted by Crippen LogP contribution is -2.41. The van der Waals surface area contributed by atoms with Crippen LogP contribution < -0.4 is 10.6 Å². The summed E-state index contributed by atoms with van der Waals surface area (Å²) in [6.07, 6.45) is 3.62. The molecule has 0 radical (unpaired) electrons. The molecule has 1 aliphatic rings. The van der Waals surface area contributed by atoms with Gasteiger partial charge in [0.05, 0.1) is 6.04 Å². The molecule has 16 heavy (non-hydrogen) atoms. The fraction of sp³-hybridized carbons (Fsp3) is 0.818. The summed E-state index contributed by atoms with van der Waals surface area (Å²) in [7, 11) is 0. The average Bonchev–Trinajstić information content (AvgIpc) is 2.64. The molecular formula is C11H20N4O. The molecular weight excluding hydrogens is 204 g/mol. The van der Waals surface area contributed by atoms with E-state index >= 15 is 0 Å². The Bertz CT molecular complexity index is 346. The molecule has 0 saturated heterocycles. The fourth-order valence-electron chi connectivity index (χ4n) is 1.94. The number of anilines is 1. The second-order valence-corrected chi connectivity index (χ2v) is 4.76. The summed E-state index contributed by atoms with van der Waals surface area (Å²) >= 11 is 0. The Hall–Kier alpha value is -1.10. The zero-order chi connectivity index (χ0) is 11.6. The standard InChI is InChI=1S/C11H20N4O/c1-4-12-8(2)9-14-15-10(16-9)13-11(3)6-5-7-11/h8,12H,4-7H2,1-3H3,(H,13,15). The molecule has 5 heteroatoms. The van der Waals surface area contributed by atoms with Crippen molar-refractivity contribution >= 4 is 6.01 Å². The van der Waals surface area contributed by atoms with Gasteiger partial charge >= 0.3 is 6.01 Å². The quantitative estimate of drug-likeness (QED) is 0.802. The van der Waals surface area contributed by atoms with E-state index in [4.69, 9.17) is 4.42 Å². The average molecular weight is 224 g/mol. The highest BCUT2D eigenvalue weighted by Gasteiger charge is 2.33. The number of hydrogen-bond donors (Lipinski definition) is 2. The van der Waals surface area contributed by atoms with Gasteiger partial charge in [-0.3, -0.25) is 0 Å². The molecule has 1 aromatic rings. The van der Waals surface area contributed by atoms with E-state index < -0.39 is 0 Å². The number of rotatable bonds is 5. The zero-order valence-corrected chi connectivity index (χ0v) is 10.2. The van der Waals surface area contributed by atoms with E-state index in [-0.39, 0.29) is 11.6 Å². The van der Waals surface area contributed by atoms with Crippen LogP contribution in [0.3, 0.4) is 0 Å². The van der Waals surface area contributed by atoms with Crippen LogP contribution in [0.5, 0.6) is 0 Å². The van der Waals surface area contributed by atoms with Crippen LogP contribution >= 0.6 is 0 Å². The lowest BCUT2D eigenvalue weighted by molar-refractivity contribution is 0.296. The van der Waals surface area contributed by atoms with Crippen LogP contribution in [0.1, 0.15) is 52.0 Å². The molecule has 1 atom stereocenters. The van der Waals surface area contributed by atoms with E-state index in [1.807, 2.05) is 6.92 Å². The minimum atomic E-state index is 0.113. The Morgan fingerprint density at radius 2 is 2.19 bits per heavy atom. The topological polar surface area (TPSA) is 63.0 Å². The van der Waals surface area contributed by atoms with Gasteiger partial charge in [0.1, 0.15) is 0 Å². The maximum atomic E-state index is 5.57. The van der Waals surface area contributed by atoms with E-state index in [9.17, 15) is 0 Å². The highest BCUT2D eigenvalue weighted by atomic mass is 16.4. The molecule has 1 aromatic heterocycles. The SMILES string of the molecule is CCNC(C)c1nnc(NC2(C)CCC2)o1. The van der Waals surface area contributed by atoms with Gasteiger partial charge in [-0.1, -0.05) is 12.0 Å². The van der Waals surface area contributed by atoms with Crippen LogP contribution in [0, 0.1) is 0 Å². The summed E-state index contributed by atoms with van der Waals surface area (Å²) in [5, 5.41) is 14.6. The monoisotopic (exact) mass is 224 g/mol. The van der Waals surface area contributed by atoms with Crippen LogP contribution in [0.4, 0.5) is 6.01 Å². The van der Waals surface area contributed by atoms with Crippen LogP contribution in [0.15, 0.2) is 4.42 Å².